The Morgan fingerprint density at radius 1 is 1.42 bits per heavy atom. The maximum atomic E-state index is 12.7. The maximum Gasteiger partial charge on any atom is 0.255 e. The van der Waals surface area contributed by atoms with Crippen LogP contribution in [0.4, 0.5) is 5.95 Å². The number of hydrogen-bond acceptors (Lipinski definition) is 6. The van der Waals surface area contributed by atoms with Crippen LogP contribution in [0.15, 0.2) is 24.7 Å². The molecular formula is C17H22N8O. The molecule has 1 aliphatic rings. The van der Waals surface area contributed by atoms with E-state index in [-0.39, 0.29) is 17.9 Å². The topological polar surface area (TPSA) is 115 Å². The molecule has 0 aromatic carbocycles. The highest BCUT2D eigenvalue weighted by Crippen LogP contribution is 2.24. The quantitative estimate of drug-likeness (QED) is 0.626. The predicted molar refractivity (Wildman–Crippen MR) is 97.7 cm³/mol. The molecule has 0 radical (unpaired) electrons. The average Bonchev–Trinajstić information content (AvgIpc) is 3.17. The third kappa shape index (κ3) is 2.90. The standard InChI is InChI=1S/C17H22N8O/c1-3-10(2)21-16(26)14-4-11(8-25-15(14)22-17(18)23-25)12-5-20-24(9-12)13-6-19-7-13/h4-5,8-10,13,19H,3,6-7H2,1-2H3,(H2,18,23)(H,21,26). The largest absolute Gasteiger partial charge is 0.366 e. The Bertz CT molecular complexity index is 955. The third-order valence-corrected chi connectivity index (χ3v) is 4.75. The Kier molecular flexibility index (Phi) is 4.08. The van der Waals surface area contributed by atoms with Crippen LogP contribution in [0.2, 0.25) is 0 Å². The molecule has 1 amide bonds. The van der Waals surface area contributed by atoms with Gasteiger partial charge in [-0.15, -0.1) is 5.10 Å². The number of nitrogens with one attached hydrogen (secondary N) is 2. The van der Waals surface area contributed by atoms with Gasteiger partial charge in [-0.25, -0.2) is 4.52 Å². The van der Waals surface area contributed by atoms with Crippen LogP contribution in [-0.4, -0.2) is 49.4 Å². The van der Waals surface area contributed by atoms with Crippen LogP contribution in [0, 0.1) is 0 Å². The highest BCUT2D eigenvalue weighted by Gasteiger charge is 2.21. The number of nitrogens with zero attached hydrogens (tertiary/aromatic N) is 5. The molecule has 3 aromatic rings. The normalized spacial score (nSPS) is 15.8. The number of nitrogen functional groups attached to an aromatic ring is 1. The highest BCUT2D eigenvalue weighted by atomic mass is 16.1. The van der Waals surface area contributed by atoms with Gasteiger partial charge in [-0.1, -0.05) is 6.92 Å². The summed E-state index contributed by atoms with van der Waals surface area (Å²) in [6.45, 7) is 5.83. The zero-order chi connectivity index (χ0) is 18.3. The van der Waals surface area contributed by atoms with E-state index in [1.807, 2.05) is 37.0 Å². The molecule has 1 unspecified atom stereocenters. The Morgan fingerprint density at radius 2 is 2.23 bits per heavy atom. The van der Waals surface area contributed by atoms with Gasteiger partial charge in [0.2, 0.25) is 5.95 Å². The van der Waals surface area contributed by atoms with Crippen LogP contribution in [0.3, 0.4) is 0 Å². The monoisotopic (exact) mass is 354 g/mol. The van der Waals surface area contributed by atoms with Crippen molar-refractivity contribution in [2.75, 3.05) is 18.8 Å². The number of anilines is 1. The number of hydrogen-bond donors (Lipinski definition) is 3. The lowest BCUT2D eigenvalue weighted by Crippen LogP contribution is -2.43. The summed E-state index contributed by atoms with van der Waals surface area (Å²) >= 11 is 0. The Hall–Kier alpha value is -2.94. The van der Waals surface area contributed by atoms with E-state index in [2.05, 4.69) is 25.8 Å². The summed E-state index contributed by atoms with van der Waals surface area (Å²) in [5.41, 5.74) is 8.41. The van der Waals surface area contributed by atoms with E-state index in [0.29, 0.717) is 17.3 Å². The van der Waals surface area contributed by atoms with Gasteiger partial charge in [0.25, 0.3) is 5.91 Å². The van der Waals surface area contributed by atoms with Gasteiger partial charge in [0.1, 0.15) is 0 Å². The molecule has 1 fully saturated rings. The first kappa shape index (κ1) is 16.5. The van der Waals surface area contributed by atoms with E-state index in [1.165, 1.54) is 0 Å². The summed E-state index contributed by atoms with van der Waals surface area (Å²) in [6.07, 6.45) is 6.46. The van der Waals surface area contributed by atoms with Crippen LogP contribution >= 0.6 is 0 Å². The SMILES string of the molecule is CCC(C)NC(=O)c1cc(-c2cnn(C3CNC3)c2)cn2nc(N)nc12. The van der Waals surface area contributed by atoms with Crippen LogP contribution in [0.5, 0.6) is 0 Å². The van der Waals surface area contributed by atoms with Gasteiger partial charge >= 0.3 is 0 Å². The molecule has 0 spiro atoms. The van der Waals surface area contributed by atoms with E-state index in [4.69, 9.17) is 5.73 Å². The van der Waals surface area contributed by atoms with Crippen molar-refractivity contribution in [3.63, 3.8) is 0 Å². The fourth-order valence-corrected chi connectivity index (χ4v) is 2.88. The summed E-state index contributed by atoms with van der Waals surface area (Å²) in [7, 11) is 0. The van der Waals surface area contributed by atoms with Crippen molar-refractivity contribution < 1.29 is 4.79 Å². The molecule has 9 nitrogen and oxygen atoms in total. The summed E-state index contributed by atoms with van der Waals surface area (Å²) in [5, 5.41) is 14.8. The third-order valence-electron chi connectivity index (χ3n) is 4.75. The molecule has 0 saturated carbocycles. The Balaban J connectivity index is 1.75. The van der Waals surface area contributed by atoms with E-state index in [0.717, 1.165) is 30.6 Å². The molecule has 1 saturated heterocycles. The summed E-state index contributed by atoms with van der Waals surface area (Å²) in [4.78, 5) is 16.9. The number of carbonyl (C=O) groups is 1. The molecule has 3 aromatic heterocycles. The Morgan fingerprint density at radius 3 is 2.92 bits per heavy atom. The van der Waals surface area contributed by atoms with Crippen molar-refractivity contribution in [1.29, 1.82) is 0 Å². The zero-order valence-electron chi connectivity index (χ0n) is 14.8. The van der Waals surface area contributed by atoms with Crippen molar-refractivity contribution in [2.24, 2.45) is 0 Å². The molecule has 4 N–H and O–H groups in total. The van der Waals surface area contributed by atoms with Gasteiger partial charge in [0.05, 0.1) is 17.8 Å². The molecule has 136 valence electrons. The van der Waals surface area contributed by atoms with Crippen molar-refractivity contribution >= 4 is 17.5 Å². The first-order chi connectivity index (χ1) is 12.5. The average molecular weight is 354 g/mol. The number of carbonyl (C=O) groups excluding carboxylic acids is 1. The number of fused-ring (bicyclic) bond motifs is 1. The lowest BCUT2D eigenvalue weighted by Gasteiger charge is -2.27. The number of rotatable bonds is 5. The Labute approximate surface area is 150 Å². The number of pyridine rings is 1. The summed E-state index contributed by atoms with van der Waals surface area (Å²) in [6, 6.07) is 2.27. The predicted octanol–water partition coefficient (Wildman–Crippen LogP) is 0.848. The fraction of sp³-hybridized carbons (Fsp3) is 0.412. The molecule has 4 rings (SSSR count). The molecule has 1 atom stereocenters. The minimum absolute atomic E-state index is 0.0698. The molecule has 0 bridgehead atoms. The lowest BCUT2D eigenvalue weighted by atomic mass is 10.1. The smallest absolute Gasteiger partial charge is 0.255 e. The molecular weight excluding hydrogens is 332 g/mol. The minimum Gasteiger partial charge on any atom is -0.366 e. The van der Waals surface area contributed by atoms with Crippen molar-refractivity contribution in [2.45, 2.75) is 32.4 Å². The van der Waals surface area contributed by atoms with Crippen molar-refractivity contribution in [3.8, 4) is 11.1 Å². The first-order valence-electron chi connectivity index (χ1n) is 8.77. The minimum atomic E-state index is -0.186. The summed E-state index contributed by atoms with van der Waals surface area (Å²) < 4.78 is 3.50. The van der Waals surface area contributed by atoms with Crippen molar-refractivity contribution in [1.82, 2.24) is 35.0 Å². The van der Waals surface area contributed by atoms with Gasteiger partial charge < -0.3 is 16.4 Å². The number of nitrogens with two attached hydrogens (primary N) is 1. The van der Waals surface area contributed by atoms with Crippen LogP contribution in [0.25, 0.3) is 16.8 Å². The summed E-state index contributed by atoms with van der Waals surface area (Å²) in [5.74, 6) is -0.0508. The van der Waals surface area contributed by atoms with Gasteiger partial charge in [0.15, 0.2) is 5.65 Å². The van der Waals surface area contributed by atoms with E-state index in [1.54, 1.807) is 10.7 Å². The first-order valence-corrected chi connectivity index (χ1v) is 8.77. The zero-order valence-corrected chi connectivity index (χ0v) is 14.8. The van der Waals surface area contributed by atoms with Crippen molar-refractivity contribution in [3.05, 3.63) is 30.2 Å². The van der Waals surface area contributed by atoms with Crippen LogP contribution in [-0.2, 0) is 0 Å². The van der Waals surface area contributed by atoms with E-state index >= 15 is 0 Å². The maximum absolute atomic E-state index is 12.7. The van der Waals surface area contributed by atoms with E-state index in [9.17, 15) is 4.79 Å². The molecule has 26 heavy (non-hydrogen) atoms. The van der Waals surface area contributed by atoms with Gasteiger partial charge in [-0.2, -0.15) is 10.1 Å². The number of aromatic nitrogens is 5. The lowest BCUT2D eigenvalue weighted by molar-refractivity contribution is 0.0940. The van der Waals surface area contributed by atoms with Gasteiger partial charge in [0, 0.05) is 42.7 Å². The van der Waals surface area contributed by atoms with Gasteiger partial charge in [-0.05, 0) is 19.4 Å². The molecule has 9 heteroatoms. The van der Waals surface area contributed by atoms with Gasteiger partial charge in [-0.3, -0.25) is 9.48 Å². The second-order valence-electron chi connectivity index (χ2n) is 6.68. The second-order valence-corrected chi connectivity index (χ2v) is 6.68. The fourth-order valence-electron chi connectivity index (χ4n) is 2.88. The molecule has 0 aliphatic carbocycles. The number of amides is 1. The van der Waals surface area contributed by atoms with E-state index < -0.39 is 0 Å². The molecule has 4 heterocycles. The molecule has 1 aliphatic heterocycles. The van der Waals surface area contributed by atoms with Crippen LogP contribution in [0.1, 0.15) is 36.7 Å². The van der Waals surface area contributed by atoms with Crippen LogP contribution < -0.4 is 16.4 Å². The second kappa shape index (κ2) is 6.41. The highest BCUT2D eigenvalue weighted by molar-refractivity contribution is 6.01.